The van der Waals surface area contributed by atoms with E-state index in [0.717, 1.165) is 13.1 Å². The number of benzene rings is 2. The number of amides is 1. The van der Waals surface area contributed by atoms with Crippen molar-refractivity contribution in [2.45, 2.75) is 12.8 Å². The number of nitriles is 1. The Labute approximate surface area is 169 Å². The topological polar surface area (TPSA) is 93.9 Å². The van der Waals surface area contributed by atoms with Gasteiger partial charge in [-0.25, -0.2) is 9.97 Å². The Balaban J connectivity index is 1.43. The van der Waals surface area contributed by atoms with Crippen LogP contribution in [-0.2, 0) is 0 Å². The summed E-state index contributed by atoms with van der Waals surface area (Å²) in [6.45, 7) is 2.17. The van der Waals surface area contributed by atoms with Gasteiger partial charge in [-0.05, 0) is 61.4 Å². The molecule has 1 aliphatic rings. The molecule has 144 valence electrons. The van der Waals surface area contributed by atoms with Gasteiger partial charge in [0.1, 0.15) is 5.69 Å². The molecule has 0 spiro atoms. The first-order valence-corrected chi connectivity index (χ1v) is 9.48. The van der Waals surface area contributed by atoms with E-state index in [4.69, 9.17) is 5.26 Å². The number of hydrogen-bond acceptors (Lipinski definition) is 6. The van der Waals surface area contributed by atoms with E-state index >= 15 is 0 Å². The fraction of sp³-hybridized carbons (Fsp3) is 0.182. The van der Waals surface area contributed by atoms with Crippen molar-refractivity contribution in [2.75, 3.05) is 28.6 Å². The molecule has 7 nitrogen and oxygen atoms in total. The summed E-state index contributed by atoms with van der Waals surface area (Å²) in [4.78, 5) is 23.3. The number of rotatable bonds is 5. The maximum absolute atomic E-state index is 12.6. The minimum absolute atomic E-state index is 0.252. The highest BCUT2D eigenvalue weighted by atomic mass is 16.1. The zero-order chi connectivity index (χ0) is 20.1. The summed E-state index contributed by atoms with van der Waals surface area (Å²) in [5.41, 5.74) is 3.35. The predicted molar refractivity (Wildman–Crippen MR) is 112 cm³/mol. The normalized spacial score (nSPS) is 13.0. The molecule has 2 heterocycles. The summed E-state index contributed by atoms with van der Waals surface area (Å²) >= 11 is 0. The quantitative estimate of drug-likeness (QED) is 0.692. The van der Waals surface area contributed by atoms with Crippen molar-refractivity contribution in [2.24, 2.45) is 0 Å². The van der Waals surface area contributed by atoms with Crippen LogP contribution in [0.15, 0.2) is 60.8 Å². The predicted octanol–water partition coefficient (Wildman–Crippen LogP) is 3.94. The van der Waals surface area contributed by atoms with Gasteiger partial charge in [0, 0.05) is 36.3 Å². The Bertz CT molecular complexity index is 1050. The van der Waals surface area contributed by atoms with Gasteiger partial charge in [-0.1, -0.05) is 6.07 Å². The molecule has 0 atom stereocenters. The zero-order valence-corrected chi connectivity index (χ0v) is 15.8. The second-order valence-electron chi connectivity index (χ2n) is 6.78. The highest BCUT2D eigenvalue weighted by molar-refractivity contribution is 6.03. The van der Waals surface area contributed by atoms with Crippen LogP contribution in [0.5, 0.6) is 0 Å². The van der Waals surface area contributed by atoms with Crippen LogP contribution < -0.4 is 15.5 Å². The van der Waals surface area contributed by atoms with Crippen LogP contribution in [0.25, 0.3) is 0 Å². The van der Waals surface area contributed by atoms with Crippen molar-refractivity contribution in [3.63, 3.8) is 0 Å². The summed E-state index contributed by atoms with van der Waals surface area (Å²) in [5, 5.41) is 14.9. The molecule has 1 aromatic heterocycles. The SMILES string of the molecule is N#Cc1cccc(Nc2nccc(C(=O)Nc3ccc(N4CCCC4)cc3)n2)c1. The highest BCUT2D eigenvalue weighted by Gasteiger charge is 2.13. The second kappa shape index (κ2) is 8.40. The molecule has 1 amide bonds. The van der Waals surface area contributed by atoms with E-state index in [1.54, 1.807) is 30.3 Å². The van der Waals surface area contributed by atoms with Crippen molar-refractivity contribution in [1.29, 1.82) is 5.26 Å². The molecule has 0 bridgehead atoms. The number of carbonyl (C=O) groups is 1. The molecule has 4 rings (SSSR count). The van der Waals surface area contributed by atoms with E-state index in [2.05, 4.69) is 31.6 Å². The van der Waals surface area contributed by atoms with Crippen LogP contribution in [0, 0.1) is 11.3 Å². The largest absolute Gasteiger partial charge is 0.372 e. The summed E-state index contributed by atoms with van der Waals surface area (Å²) in [6.07, 6.45) is 3.97. The molecular formula is C22H20N6O. The van der Waals surface area contributed by atoms with E-state index < -0.39 is 0 Å². The van der Waals surface area contributed by atoms with Gasteiger partial charge in [0.25, 0.3) is 5.91 Å². The summed E-state index contributed by atoms with van der Waals surface area (Å²) in [7, 11) is 0. The molecule has 1 saturated heterocycles. The fourth-order valence-electron chi connectivity index (χ4n) is 3.27. The van der Waals surface area contributed by atoms with Crippen molar-refractivity contribution < 1.29 is 4.79 Å². The van der Waals surface area contributed by atoms with E-state index in [9.17, 15) is 4.79 Å². The Kier molecular flexibility index (Phi) is 5.34. The van der Waals surface area contributed by atoms with Gasteiger partial charge in [-0.15, -0.1) is 0 Å². The van der Waals surface area contributed by atoms with Crippen molar-refractivity contribution in [3.8, 4) is 6.07 Å². The monoisotopic (exact) mass is 384 g/mol. The lowest BCUT2D eigenvalue weighted by molar-refractivity contribution is 0.102. The average Bonchev–Trinajstić information content (AvgIpc) is 3.29. The Morgan fingerprint density at radius 3 is 2.59 bits per heavy atom. The molecule has 7 heteroatoms. The van der Waals surface area contributed by atoms with Crippen LogP contribution in [0.4, 0.5) is 23.0 Å². The molecule has 2 N–H and O–H groups in total. The van der Waals surface area contributed by atoms with Gasteiger partial charge >= 0.3 is 0 Å². The summed E-state index contributed by atoms with van der Waals surface area (Å²) < 4.78 is 0. The molecule has 3 aromatic rings. The van der Waals surface area contributed by atoms with Crippen molar-refractivity contribution in [1.82, 2.24) is 9.97 Å². The van der Waals surface area contributed by atoms with Crippen molar-refractivity contribution >= 4 is 28.9 Å². The third kappa shape index (κ3) is 4.50. The molecule has 1 aliphatic heterocycles. The standard InChI is InChI=1S/C22H20N6O/c23-15-16-4-3-5-18(14-16)26-22-24-11-10-20(27-22)21(29)25-17-6-8-19(9-7-17)28-12-1-2-13-28/h3-11,14H,1-2,12-13H2,(H,25,29)(H,24,26,27). The van der Waals surface area contributed by atoms with E-state index in [0.29, 0.717) is 16.9 Å². The lowest BCUT2D eigenvalue weighted by Crippen LogP contribution is -2.18. The molecule has 0 aliphatic carbocycles. The molecule has 29 heavy (non-hydrogen) atoms. The first kappa shape index (κ1) is 18.4. The van der Waals surface area contributed by atoms with Gasteiger partial charge in [0.2, 0.25) is 5.95 Å². The van der Waals surface area contributed by atoms with Crippen LogP contribution in [-0.4, -0.2) is 29.0 Å². The fourth-order valence-corrected chi connectivity index (χ4v) is 3.27. The third-order valence-corrected chi connectivity index (χ3v) is 4.73. The summed E-state index contributed by atoms with van der Waals surface area (Å²) in [6, 6.07) is 18.5. The third-order valence-electron chi connectivity index (χ3n) is 4.73. The van der Waals surface area contributed by atoms with E-state index in [-0.39, 0.29) is 17.5 Å². The molecule has 0 unspecified atom stereocenters. The minimum Gasteiger partial charge on any atom is -0.372 e. The zero-order valence-electron chi connectivity index (χ0n) is 15.8. The Morgan fingerprint density at radius 1 is 1.03 bits per heavy atom. The highest BCUT2D eigenvalue weighted by Crippen LogP contribution is 2.22. The van der Waals surface area contributed by atoms with Gasteiger partial charge < -0.3 is 15.5 Å². The molecule has 2 aromatic carbocycles. The first-order valence-electron chi connectivity index (χ1n) is 9.48. The lowest BCUT2D eigenvalue weighted by Gasteiger charge is -2.17. The molecule has 0 saturated carbocycles. The average molecular weight is 384 g/mol. The van der Waals surface area contributed by atoms with Crippen molar-refractivity contribution in [3.05, 3.63) is 72.1 Å². The molecule has 1 fully saturated rings. The van der Waals surface area contributed by atoms with Crippen LogP contribution >= 0.6 is 0 Å². The van der Waals surface area contributed by atoms with Crippen LogP contribution in [0.3, 0.4) is 0 Å². The maximum atomic E-state index is 12.6. The van der Waals surface area contributed by atoms with Crippen LogP contribution in [0.1, 0.15) is 28.9 Å². The van der Waals surface area contributed by atoms with Gasteiger partial charge in [-0.2, -0.15) is 5.26 Å². The lowest BCUT2D eigenvalue weighted by atomic mass is 10.2. The summed E-state index contributed by atoms with van der Waals surface area (Å²) in [5.74, 6) is -0.0210. The molecular weight excluding hydrogens is 364 g/mol. The Morgan fingerprint density at radius 2 is 1.83 bits per heavy atom. The van der Waals surface area contributed by atoms with E-state index in [1.807, 2.05) is 24.3 Å². The number of aromatic nitrogens is 2. The second-order valence-corrected chi connectivity index (χ2v) is 6.78. The van der Waals surface area contributed by atoms with E-state index in [1.165, 1.54) is 24.7 Å². The smallest absolute Gasteiger partial charge is 0.274 e. The number of hydrogen-bond donors (Lipinski definition) is 2. The molecule has 0 radical (unpaired) electrons. The number of anilines is 4. The first-order chi connectivity index (χ1) is 14.2. The van der Waals surface area contributed by atoms with Gasteiger partial charge in [0.05, 0.1) is 11.6 Å². The minimum atomic E-state index is -0.310. The maximum Gasteiger partial charge on any atom is 0.274 e. The van der Waals surface area contributed by atoms with Gasteiger partial charge in [0.15, 0.2) is 0 Å². The van der Waals surface area contributed by atoms with Crippen LogP contribution in [0.2, 0.25) is 0 Å². The number of carbonyl (C=O) groups excluding carboxylic acids is 1. The number of nitrogens with zero attached hydrogens (tertiary/aromatic N) is 4. The van der Waals surface area contributed by atoms with Gasteiger partial charge in [-0.3, -0.25) is 4.79 Å². The number of nitrogens with one attached hydrogen (secondary N) is 2. The Hall–Kier alpha value is -3.92.